The first kappa shape index (κ1) is 32.0. The van der Waals surface area contributed by atoms with Gasteiger partial charge in [-0.3, -0.25) is 0 Å². The van der Waals surface area contributed by atoms with Gasteiger partial charge in [-0.25, -0.2) is 0 Å². The summed E-state index contributed by atoms with van der Waals surface area (Å²) in [6.07, 6.45) is 1.94. The second kappa shape index (κ2) is 12.0. The molecule has 232 valence electrons. The maximum atomic E-state index is 3.97. The number of rotatable bonds is 6. The Bertz CT molecular complexity index is 1910. The van der Waals surface area contributed by atoms with Crippen LogP contribution < -0.4 is 8.79 Å². The molecule has 6 aromatic carbocycles. The van der Waals surface area contributed by atoms with Crippen LogP contribution in [0.15, 0.2) is 151 Å². The summed E-state index contributed by atoms with van der Waals surface area (Å²) in [7, 11) is 0. The molecule has 0 saturated carbocycles. The molecule has 5 heteroatoms. The van der Waals surface area contributed by atoms with E-state index >= 15 is 0 Å². The van der Waals surface area contributed by atoms with Crippen LogP contribution in [0.1, 0.15) is 48.9 Å². The maximum absolute atomic E-state index is 4.06. The van der Waals surface area contributed by atoms with Crippen molar-refractivity contribution in [3.63, 3.8) is 0 Å². The van der Waals surface area contributed by atoms with E-state index in [9.17, 15) is 0 Å². The monoisotopic (exact) mass is 926 g/mol. The van der Waals surface area contributed by atoms with Crippen molar-refractivity contribution >= 4 is 85.8 Å². The minimum atomic E-state index is -4.06. The number of benzene rings is 6. The molecular weight excluding hydrogens is 897 g/mol. The van der Waals surface area contributed by atoms with Gasteiger partial charge in [0.05, 0.1) is 0 Å². The molecule has 0 saturated heterocycles. The van der Waals surface area contributed by atoms with E-state index in [1.165, 1.54) is 53.3 Å². The first-order chi connectivity index (χ1) is 22.8. The molecule has 0 radical (unpaired) electrons. The van der Waals surface area contributed by atoms with Crippen molar-refractivity contribution in [2.75, 3.05) is 0 Å². The van der Waals surface area contributed by atoms with Crippen LogP contribution in [0, 0.1) is 0 Å². The van der Waals surface area contributed by atoms with Gasteiger partial charge in [-0.1, -0.05) is 0 Å². The molecule has 0 bridgehead atoms. The molecule has 2 aliphatic carbocycles. The van der Waals surface area contributed by atoms with Crippen molar-refractivity contribution in [2.24, 2.45) is 0 Å². The van der Waals surface area contributed by atoms with Crippen molar-refractivity contribution in [2.45, 2.75) is 35.2 Å². The fraction of sp³-hybridized carbons (Fsp3) is 0.143. The molecule has 0 amide bonds. The molecular formula is C42H32Br4Ge. The Kier molecular flexibility index (Phi) is 8.16. The molecule has 0 nitrogen and oxygen atoms in total. The van der Waals surface area contributed by atoms with Gasteiger partial charge in [0.1, 0.15) is 0 Å². The van der Waals surface area contributed by atoms with E-state index in [4.69, 9.17) is 0 Å². The molecule has 2 aliphatic rings. The molecule has 6 aromatic rings. The van der Waals surface area contributed by atoms with Crippen molar-refractivity contribution in [1.82, 2.24) is 0 Å². The van der Waals surface area contributed by atoms with Crippen LogP contribution in [0.2, 0.25) is 0 Å². The Morgan fingerprint density at radius 1 is 0.404 bits per heavy atom. The summed E-state index contributed by atoms with van der Waals surface area (Å²) >= 11 is 11.8. The van der Waals surface area contributed by atoms with E-state index < -0.39 is 13.3 Å². The van der Waals surface area contributed by atoms with Crippen LogP contribution in [0.25, 0.3) is 22.3 Å². The van der Waals surface area contributed by atoms with Gasteiger partial charge in [0, 0.05) is 0 Å². The number of fused-ring (bicyclic) bond motifs is 6. The zero-order valence-electron chi connectivity index (χ0n) is 26.1. The Hall–Kier alpha value is -2.22. The third-order valence-corrected chi connectivity index (χ3v) is 27.2. The van der Waals surface area contributed by atoms with Crippen LogP contribution >= 0.6 is 63.7 Å². The summed E-state index contributed by atoms with van der Waals surface area (Å²) in [5, 5.41) is 0. The van der Waals surface area contributed by atoms with Gasteiger partial charge in [0.15, 0.2) is 0 Å². The van der Waals surface area contributed by atoms with Crippen LogP contribution in [0.5, 0.6) is 0 Å². The quantitative estimate of drug-likeness (QED) is 0.146. The second-order valence-corrected chi connectivity index (χ2v) is 25.6. The molecule has 0 spiro atoms. The summed E-state index contributed by atoms with van der Waals surface area (Å²) in [4.78, 5) is 0. The second-order valence-electron chi connectivity index (χ2n) is 12.8. The molecule has 0 aliphatic heterocycles. The van der Waals surface area contributed by atoms with Crippen LogP contribution in [-0.2, 0) is 8.49 Å². The van der Waals surface area contributed by atoms with E-state index in [0.29, 0.717) is 0 Å². The summed E-state index contributed by atoms with van der Waals surface area (Å²) in [5.41, 5.74) is 11.2. The first-order valence-corrected chi connectivity index (χ1v) is 23.5. The average Bonchev–Trinajstić information content (AvgIpc) is 3.52. The van der Waals surface area contributed by atoms with Gasteiger partial charge in [0.25, 0.3) is 0 Å². The van der Waals surface area contributed by atoms with Crippen LogP contribution in [-0.4, -0.2) is 13.3 Å². The third-order valence-electron chi connectivity index (χ3n) is 11.1. The van der Waals surface area contributed by atoms with E-state index in [-0.39, 0.29) is 8.49 Å². The predicted molar refractivity (Wildman–Crippen MR) is 215 cm³/mol. The summed E-state index contributed by atoms with van der Waals surface area (Å²) in [5.74, 6) is 0. The van der Waals surface area contributed by atoms with Gasteiger partial charge in [0.2, 0.25) is 0 Å². The predicted octanol–water partition coefficient (Wildman–Crippen LogP) is 12.1. The normalized spacial score (nSPS) is 15.1. The van der Waals surface area contributed by atoms with E-state index in [2.05, 4.69) is 211 Å². The standard InChI is InChI=1S/C42H32Br4Ge/c1-3-41(37-23-27(43)15-19-33(37)34-20-16-28(44)24-38(34)41)47(31-11-7-5-8-12-31,32-13-9-6-10-14-32)42(4-2)39-25-29(45)17-21-35(39)36-22-18-30(46)26-40(36)42/h5-26H,3-4H2,1-2H3. The SMILES string of the molecule is CC[C]1([Ge]([c]2ccccc2)([c]2ccccc2)[C]2(CC)c3cc(Br)ccc3-c3ccc(Br)cc32)c2cc(Br)ccc2-c2ccc(Br)cc21. The minimum absolute atomic E-state index is 0.291. The Morgan fingerprint density at radius 3 is 0.936 bits per heavy atom. The van der Waals surface area contributed by atoms with Crippen molar-refractivity contribution < 1.29 is 0 Å². The Labute approximate surface area is 313 Å². The topological polar surface area (TPSA) is 0 Å². The summed E-state index contributed by atoms with van der Waals surface area (Å²) < 4.78 is 6.92. The molecule has 0 unspecified atom stereocenters. The summed E-state index contributed by atoms with van der Waals surface area (Å²) in [6, 6.07) is 51.5. The molecule has 0 N–H and O–H groups in total. The Balaban J connectivity index is 1.71. The van der Waals surface area contributed by atoms with Gasteiger partial charge < -0.3 is 0 Å². The van der Waals surface area contributed by atoms with E-state index in [1.807, 2.05) is 0 Å². The zero-order valence-corrected chi connectivity index (χ0v) is 34.6. The van der Waals surface area contributed by atoms with Gasteiger partial charge in [-0.05, 0) is 0 Å². The Morgan fingerprint density at radius 2 is 0.681 bits per heavy atom. The van der Waals surface area contributed by atoms with Crippen molar-refractivity contribution in [1.29, 1.82) is 0 Å². The van der Waals surface area contributed by atoms with Crippen molar-refractivity contribution in [3.05, 3.63) is 174 Å². The van der Waals surface area contributed by atoms with E-state index in [1.54, 1.807) is 0 Å². The fourth-order valence-electron chi connectivity index (χ4n) is 9.70. The number of halogens is 4. The molecule has 8 rings (SSSR count). The molecule has 0 aromatic heterocycles. The van der Waals surface area contributed by atoms with Crippen LogP contribution in [0.4, 0.5) is 0 Å². The van der Waals surface area contributed by atoms with Crippen molar-refractivity contribution in [3.8, 4) is 22.3 Å². The molecule has 47 heavy (non-hydrogen) atoms. The molecule has 0 heterocycles. The van der Waals surface area contributed by atoms with Gasteiger partial charge in [-0.15, -0.1) is 0 Å². The molecule has 0 fully saturated rings. The van der Waals surface area contributed by atoms with E-state index in [0.717, 1.165) is 30.7 Å². The van der Waals surface area contributed by atoms with Gasteiger partial charge >= 0.3 is 317 Å². The third kappa shape index (κ3) is 4.27. The van der Waals surface area contributed by atoms with Gasteiger partial charge in [-0.2, -0.15) is 0 Å². The first-order valence-electron chi connectivity index (χ1n) is 16.2. The zero-order chi connectivity index (χ0) is 32.6. The summed E-state index contributed by atoms with van der Waals surface area (Å²) in [6.45, 7) is 4.91. The fourth-order valence-corrected chi connectivity index (χ4v) is 27.8. The average molecular weight is 929 g/mol. The van der Waals surface area contributed by atoms with Crippen LogP contribution in [0.3, 0.4) is 0 Å². The molecule has 0 atom stereocenters. The number of hydrogen-bond acceptors (Lipinski definition) is 0. The number of hydrogen-bond donors (Lipinski definition) is 0.